The maximum Gasteiger partial charge on any atom is 0.315 e. The van der Waals surface area contributed by atoms with Crippen LogP contribution in [0.1, 0.15) is 40.5 Å². The molecule has 25 heavy (non-hydrogen) atoms. The first-order valence-corrected chi connectivity index (χ1v) is 8.95. The Hall–Kier alpha value is -1.95. The monoisotopic (exact) mass is 347 g/mol. The van der Waals surface area contributed by atoms with E-state index in [1.165, 1.54) is 0 Å². The highest BCUT2D eigenvalue weighted by Crippen LogP contribution is 2.31. The zero-order valence-electron chi connectivity index (χ0n) is 15.5. The molecule has 2 aliphatic heterocycles. The third-order valence-corrected chi connectivity index (χ3v) is 4.58. The minimum Gasteiger partial charge on any atom is -0.486 e. The summed E-state index contributed by atoms with van der Waals surface area (Å²) in [6.07, 6.45) is 1.63. The van der Waals surface area contributed by atoms with E-state index >= 15 is 0 Å². The Kier molecular flexibility index (Phi) is 4.82. The normalized spacial score (nSPS) is 24.4. The standard InChI is InChI=1S/C19H29N3O3/c1-18(2)9-13(10-19(3,4)22-18)21-17(23)20-11-14-12-24-15-7-5-6-8-16(15)25-14/h5-8,13-14,22H,9-12H2,1-4H3,(H2,20,21,23)/t14-/m1/s1. The summed E-state index contributed by atoms with van der Waals surface area (Å²) in [4.78, 5) is 12.3. The topological polar surface area (TPSA) is 71.6 Å². The number of hydrogen-bond donors (Lipinski definition) is 3. The number of nitrogens with one attached hydrogen (secondary N) is 3. The van der Waals surface area contributed by atoms with Crippen molar-refractivity contribution in [2.24, 2.45) is 0 Å². The molecular formula is C19H29N3O3. The third kappa shape index (κ3) is 4.78. The average molecular weight is 347 g/mol. The smallest absolute Gasteiger partial charge is 0.315 e. The van der Waals surface area contributed by atoms with E-state index in [4.69, 9.17) is 9.47 Å². The third-order valence-electron chi connectivity index (χ3n) is 4.58. The molecule has 2 aliphatic rings. The predicted molar refractivity (Wildman–Crippen MR) is 97.2 cm³/mol. The van der Waals surface area contributed by atoms with E-state index in [0.717, 1.165) is 24.3 Å². The Morgan fingerprint density at radius 3 is 2.48 bits per heavy atom. The molecule has 1 aromatic carbocycles. The summed E-state index contributed by atoms with van der Waals surface area (Å²) in [5.74, 6) is 1.48. The molecule has 6 nitrogen and oxygen atoms in total. The summed E-state index contributed by atoms with van der Waals surface area (Å²) < 4.78 is 11.5. The molecule has 138 valence electrons. The minimum absolute atomic E-state index is 0.00370. The maximum absolute atomic E-state index is 12.3. The fourth-order valence-corrected chi connectivity index (χ4v) is 4.03. The van der Waals surface area contributed by atoms with Crippen LogP contribution in [0, 0.1) is 0 Å². The SMILES string of the molecule is CC1(C)CC(NC(=O)NC[C@@H]2COc3ccccc3O2)CC(C)(C)N1. The first kappa shape index (κ1) is 17.9. The maximum atomic E-state index is 12.3. The molecule has 3 rings (SSSR count). The van der Waals surface area contributed by atoms with Crippen molar-refractivity contribution in [3.63, 3.8) is 0 Å². The van der Waals surface area contributed by atoms with Crippen LogP contribution in [0.4, 0.5) is 4.79 Å². The van der Waals surface area contributed by atoms with Crippen LogP contribution in [-0.2, 0) is 0 Å². The number of carbonyl (C=O) groups excluding carboxylic acids is 1. The lowest BCUT2D eigenvalue weighted by molar-refractivity contribution is 0.0911. The number of carbonyl (C=O) groups is 1. The van der Waals surface area contributed by atoms with Crippen molar-refractivity contribution in [3.8, 4) is 11.5 Å². The molecule has 0 aliphatic carbocycles. The van der Waals surface area contributed by atoms with Gasteiger partial charge in [0.15, 0.2) is 17.6 Å². The number of ether oxygens (including phenoxy) is 2. The van der Waals surface area contributed by atoms with E-state index in [9.17, 15) is 4.79 Å². The van der Waals surface area contributed by atoms with Crippen LogP contribution in [0.15, 0.2) is 24.3 Å². The van der Waals surface area contributed by atoms with Gasteiger partial charge in [-0.25, -0.2) is 4.79 Å². The van der Waals surface area contributed by atoms with Crippen molar-refractivity contribution in [1.29, 1.82) is 0 Å². The molecule has 1 atom stereocenters. The van der Waals surface area contributed by atoms with Gasteiger partial charge in [0.25, 0.3) is 0 Å². The Labute approximate surface area is 149 Å². The van der Waals surface area contributed by atoms with Crippen molar-refractivity contribution in [2.75, 3.05) is 13.2 Å². The van der Waals surface area contributed by atoms with Crippen molar-refractivity contribution in [3.05, 3.63) is 24.3 Å². The van der Waals surface area contributed by atoms with Gasteiger partial charge in [-0.05, 0) is 52.7 Å². The van der Waals surface area contributed by atoms with Crippen LogP contribution in [0.25, 0.3) is 0 Å². The van der Waals surface area contributed by atoms with Crippen LogP contribution in [0.3, 0.4) is 0 Å². The van der Waals surface area contributed by atoms with Crippen molar-refractivity contribution >= 4 is 6.03 Å². The minimum atomic E-state index is -0.179. The summed E-state index contributed by atoms with van der Waals surface area (Å²) in [5.41, 5.74) is 0.00740. The highest BCUT2D eigenvalue weighted by molar-refractivity contribution is 5.74. The van der Waals surface area contributed by atoms with Crippen LogP contribution in [0.2, 0.25) is 0 Å². The molecule has 0 saturated carbocycles. The molecule has 0 aromatic heterocycles. The van der Waals surface area contributed by atoms with Crippen molar-refractivity contribution in [2.45, 2.75) is 63.8 Å². The molecular weight excluding hydrogens is 318 g/mol. The molecule has 3 N–H and O–H groups in total. The number of para-hydroxylation sites is 2. The number of benzene rings is 1. The van der Waals surface area contributed by atoms with E-state index < -0.39 is 0 Å². The van der Waals surface area contributed by atoms with Gasteiger partial charge in [-0.15, -0.1) is 0 Å². The largest absolute Gasteiger partial charge is 0.486 e. The molecule has 0 bridgehead atoms. The average Bonchev–Trinajstić information content (AvgIpc) is 2.49. The van der Waals surface area contributed by atoms with Crippen molar-refractivity contribution < 1.29 is 14.3 Å². The predicted octanol–water partition coefficient (Wildman–Crippen LogP) is 2.43. The van der Waals surface area contributed by atoms with Gasteiger partial charge in [0.1, 0.15) is 6.61 Å². The van der Waals surface area contributed by atoms with E-state index in [0.29, 0.717) is 13.2 Å². The quantitative estimate of drug-likeness (QED) is 0.785. The number of urea groups is 1. The molecule has 1 saturated heterocycles. The molecule has 2 heterocycles. The number of piperidine rings is 1. The lowest BCUT2D eigenvalue weighted by atomic mass is 9.80. The molecule has 6 heteroatoms. The van der Waals surface area contributed by atoms with Crippen LogP contribution >= 0.6 is 0 Å². The molecule has 0 spiro atoms. The van der Waals surface area contributed by atoms with Gasteiger partial charge in [0, 0.05) is 17.1 Å². The van der Waals surface area contributed by atoms with Gasteiger partial charge in [-0.1, -0.05) is 12.1 Å². The molecule has 0 unspecified atom stereocenters. The van der Waals surface area contributed by atoms with E-state index in [-0.39, 0.29) is 29.3 Å². The highest BCUT2D eigenvalue weighted by atomic mass is 16.6. The molecule has 1 fully saturated rings. The molecule has 0 radical (unpaired) electrons. The number of fused-ring (bicyclic) bond motifs is 1. The second kappa shape index (κ2) is 6.75. The zero-order valence-corrected chi connectivity index (χ0v) is 15.5. The van der Waals surface area contributed by atoms with E-state index in [1.54, 1.807) is 0 Å². The number of amides is 2. The second-order valence-corrected chi connectivity index (χ2v) is 8.35. The van der Waals surface area contributed by atoms with Gasteiger partial charge in [-0.2, -0.15) is 0 Å². The zero-order chi connectivity index (χ0) is 18.1. The summed E-state index contributed by atoms with van der Waals surface area (Å²) >= 11 is 0. The van der Waals surface area contributed by atoms with Crippen LogP contribution in [0.5, 0.6) is 11.5 Å². The Morgan fingerprint density at radius 2 is 1.80 bits per heavy atom. The fraction of sp³-hybridized carbons (Fsp3) is 0.632. The summed E-state index contributed by atoms with van der Waals surface area (Å²) in [5, 5.41) is 9.63. The van der Waals surface area contributed by atoms with Gasteiger partial charge in [0.05, 0.1) is 6.54 Å². The van der Waals surface area contributed by atoms with E-state index in [1.807, 2.05) is 24.3 Å². The van der Waals surface area contributed by atoms with Crippen LogP contribution in [-0.4, -0.2) is 42.4 Å². The fourth-order valence-electron chi connectivity index (χ4n) is 4.03. The first-order valence-electron chi connectivity index (χ1n) is 8.95. The van der Waals surface area contributed by atoms with Crippen LogP contribution < -0.4 is 25.4 Å². The lowest BCUT2D eigenvalue weighted by Crippen LogP contribution is -2.63. The van der Waals surface area contributed by atoms with Gasteiger partial charge in [-0.3, -0.25) is 0 Å². The lowest BCUT2D eigenvalue weighted by Gasteiger charge is -2.46. The van der Waals surface area contributed by atoms with Gasteiger partial charge >= 0.3 is 6.03 Å². The van der Waals surface area contributed by atoms with Crippen molar-refractivity contribution in [1.82, 2.24) is 16.0 Å². The second-order valence-electron chi connectivity index (χ2n) is 8.35. The molecule has 1 aromatic rings. The summed E-state index contributed by atoms with van der Waals surface area (Å²) in [6.45, 7) is 9.54. The Balaban J connectivity index is 1.47. The van der Waals surface area contributed by atoms with Gasteiger partial charge < -0.3 is 25.4 Å². The summed E-state index contributed by atoms with van der Waals surface area (Å²) in [7, 11) is 0. The Morgan fingerprint density at radius 1 is 1.16 bits per heavy atom. The van der Waals surface area contributed by atoms with Gasteiger partial charge in [0.2, 0.25) is 0 Å². The number of rotatable bonds is 3. The highest BCUT2D eigenvalue weighted by Gasteiger charge is 2.38. The Bertz CT molecular complexity index is 614. The summed E-state index contributed by atoms with van der Waals surface area (Å²) in [6, 6.07) is 7.57. The van der Waals surface area contributed by atoms with E-state index in [2.05, 4.69) is 43.6 Å². The first-order chi connectivity index (χ1) is 11.7. The molecule has 2 amide bonds. The number of hydrogen-bond acceptors (Lipinski definition) is 4.